The van der Waals surface area contributed by atoms with E-state index < -0.39 is 41.3 Å². The third-order valence-electron chi connectivity index (χ3n) is 8.14. The molecular formula is C23H35F3O5. The average molecular weight is 449 g/mol. The van der Waals surface area contributed by atoms with Crippen LogP contribution in [0.15, 0.2) is 0 Å². The summed E-state index contributed by atoms with van der Waals surface area (Å²) >= 11 is 0. The minimum absolute atomic E-state index is 0.207. The molecule has 0 aromatic heterocycles. The summed E-state index contributed by atoms with van der Waals surface area (Å²) in [6, 6.07) is 0. The molecule has 1 spiro atoms. The molecule has 1 aliphatic heterocycles. The lowest BCUT2D eigenvalue weighted by Crippen LogP contribution is -2.73. The lowest BCUT2D eigenvalue weighted by atomic mass is 9.46. The van der Waals surface area contributed by atoms with Crippen molar-refractivity contribution in [2.24, 2.45) is 29.1 Å². The molecule has 178 valence electrons. The summed E-state index contributed by atoms with van der Waals surface area (Å²) < 4.78 is 59.5. The van der Waals surface area contributed by atoms with Crippen LogP contribution in [0, 0.1) is 29.1 Å². The van der Waals surface area contributed by atoms with Gasteiger partial charge in [-0.15, -0.1) is 0 Å². The molecule has 1 saturated heterocycles. The highest BCUT2D eigenvalue weighted by Crippen LogP contribution is 2.66. The summed E-state index contributed by atoms with van der Waals surface area (Å²) in [7, 11) is 0. The van der Waals surface area contributed by atoms with Crippen LogP contribution in [-0.4, -0.2) is 40.5 Å². The van der Waals surface area contributed by atoms with Crippen molar-refractivity contribution in [3.63, 3.8) is 0 Å². The number of carbonyl (C=O) groups excluding carboxylic acids is 1. The second kappa shape index (κ2) is 7.07. The summed E-state index contributed by atoms with van der Waals surface area (Å²) in [5.41, 5.74) is -2.51. The van der Waals surface area contributed by atoms with Gasteiger partial charge >= 0.3 is 12.1 Å². The van der Waals surface area contributed by atoms with Gasteiger partial charge in [0, 0.05) is 11.8 Å². The van der Waals surface area contributed by atoms with Gasteiger partial charge in [-0.3, -0.25) is 4.79 Å². The van der Waals surface area contributed by atoms with Crippen LogP contribution in [0.4, 0.5) is 13.2 Å². The highest BCUT2D eigenvalue weighted by atomic mass is 19.4. The Labute approximate surface area is 182 Å². The lowest BCUT2D eigenvalue weighted by molar-refractivity contribution is -0.480. The van der Waals surface area contributed by atoms with Crippen molar-refractivity contribution >= 4 is 5.97 Å². The Hall–Kier alpha value is -0.860. The summed E-state index contributed by atoms with van der Waals surface area (Å²) in [5.74, 6) is -3.82. The van der Waals surface area contributed by atoms with Crippen molar-refractivity contribution < 1.29 is 37.3 Å². The van der Waals surface area contributed by atoms with E-state index in [1.807, 2.05) is 13.8 Å². The third-order valence-corrected chi connectivity index (χ3v) is 8.14. The van der Waals surface area contributed by atoms with E-state index in [0.717, 1.165) is 19.3 Å². The van der Waals surface area contributed by atoms with Crippen LogP contribution in [0.25, 0.3) is 0 Å². The molecule has 8 heteroatoms. The van der Waals surface area contributed by atoms with Crippen LogP contribution in [-0.2, 0) is 19.0 Å². The SMILES string of the molecule is CCC(C)C(=O)OC12CC3CC(C1)C1(CC(O)(C(F)(F)F)OC(C(C)(C)C)O1)C(C3)C2. The first-order valence-electron chi connectivity index (χ1n) is 11.5. The minimum Gasteiger partial charge on any atom is -0.459 e. The first-order chi connectivity index (χ1) is 14.1. The van der Waals surface area contributed by atoms with Gasteiger partial charge in [-0.25, -0.2) is 0 Å². The molecule has 0 radical (unpaired) electrons. The second-order valence-corrected chi connectivity index (χ2v) is 11.6. The monoisotopic (exact) mass is 448 g/mol. The van der Waals surface area contributed by atoms with Crippen molar-refractivity contribution in [2.45, 2.75) is 109 Å². The lowest BCUT2D eigenvalue weighted by Gasteiger charge is -2.67. The van der Waals surface area contributed by atoms with Crippen LogP contribution in [0.1, 0.15) is 79.6 Å². The first-order valence-corrected chi connectivity index (χ1v) is 11.5. The quantitative estimate of drug-likeness (QED) is 0.619. The smallest absolute Gasteiger partial charge is 0.443 e. The van der Waals surface area contributed by atoms with E-state index >= 15 is 0 Å². The zero-order valence-electron chi connectivity index (χ0n) is 19.1. The number of aliphatic hydroxyl groups is 1. The predicted octanol–water partition coefficient (Wildman–Crippen LogP) is 4.95. The number of halogens is 3. The van der Waals surface area contributed by atoms with E-state index in [-0.39, 0.29) is 23.7 Å². The fourth-order valence-corrected chi connectivity index (χ4v) is 6.45. The van der Waals surface area contributed by atoms with Crippen LogP contribution in [0.3, 0.4) is 0 Å². The Morgan fingerprint density at radius 1 is 1.13 bits per heavy atom. The third kappa shape index (κ3) is 3.70. The van der Waals surface area contributed by atoms with Crippen LogP contribution < -0.4 is 0 Å². The van der Waals surface area contributed by atoms with Gasteiger partial charge in [0.15, 0.2) is 6.29 Å². The molecule has 0 aromatic rings. The van der Waals surface area contributed by atoms with E-state index in [4.69, 9.17) is 14.2 Å². The fraction of sp³-hybridized carbons (Fsp3) is 0.957. The number of rotatable bonds is 3. The van der Waals surface area contributed by atoms with Crippen LogP contribution in [0.2, 0.25) is 0 Å². The molecule has 5 aliphatic rings. The van der Waals surface area contributed by atoms with Crippen molar-refractivity contribution in [3.8, 4) is 0 Å². The molecule has 5 atom stereocenters. The van der Waals surface area contributed by atoms with E-state index in [1.165, 1.54) is 0 Å². The Morgan fingerprint density at radius 3 is 2.19 bits per heavy atom. The topological polar surface area (TPSA) is 65.0 Å². The van der Waals surface area contributed by atoms with Crippen LogP contribution in [0.5, 0.6) is 0 Å². The maximum absolute atomic E-state index is 14.0. The van der Waals surface area contributed by atoms with E-state index in [0.29, 0.717) is 25.2 Å². The van der Waals surface area contributed by atoms with Crippen LogP contribution >= 0.6 is 0 Å². The highest BCUT2D eigenvalue weighted by molar-refractivity contribution is 5.72. The largest absolute Gasteiger partial charge is 0.459 e. The van der Waals surface area contributed by atoms with E-state index in [2.05, 4.69) is 0 Å². The number of hydrogen-bond acceptors (Lipinski definition) is 5. The molecule has 4 aliphatic carbocycles. The van der Waals surface area contributed by atoms with Crippen molar-refractivity contribution in [1.82, 2.24) is 0 Å². The Morgan fingerprint density at radius 2 is 1.71 bits per heavy atom. The fourth-order valence-electron chi connectivity index (χ4n) is 6.45. The molecule has 31 heavy (non-hydrogen) atoms. The molecule has 5 fully saturated rings. The van der Waals surface area contributed by atoms with Gasteiger partial charge in [-0.2, -0.15) is 13.2 Å². The molecular weight excluding hydrogens is 413 g/mol. The molecule has 1 heterocycles. The summed E-state index contributed by atoms with van der Waals surface area (Å²) in [6.45, 7) is 9.02. The molecule has 0 amide bonds. The molecule has 5 rings (SSSR count). The first kappa shape index (κ1) is 23.3. The second-order valence-electron chi connectivity index (χ2n) is 11.6. The normalized spacial score (nSPS) is 45.7. The van der Waals surface area contributed by atoms with Crippen molar-refractivity contribution in [1.29, 1.82) is 0 Å². The number of hydrogen-bond donors (Lipinski definition) is 1. The number of carbonyl (C=O) groups is 1. The summed E-state index contributed by atoms with van der Waals surface area (Å²) in [6.07, 6.45) is -2.89. The minimum atomic E-state index is -4.93. The Kier molecular flexibility index (Phi) is 5.31. The molecule has 0 aromatic carbocycles. The van der Waals surface area contributed by atoms with Gasteiger partial charge in [-0.1, -0.05) is 34.6 Å². The molecule has 4 saturated carbocycles. The summed E-state index contributed by atoms with van der Waals surface area (Å²) in [4.78, 5) is 12.6. The van der Waals surface area contributed by atoms with Crippen molar-refractivity contribution in [2.75, 3.05) is 0 Å². The van der Waals surface area contributed by atoms with Gasteiger partial charge < -0.3 is 19.3 Å². The zero-order chi connectivity index (χ0) is 23.0. The number of ether oxygens (including phenoxy) is 3. The average Bonchev–Trinajstić information content (AvgIpc) is 2.62. The van der Waals surface area contributed by atoms with Gasteiger partial charge in [0.2, 0.25) is 0 Å². The maximum atomic E-state index is 14.0. The predicted molar refractivity (Wildman–Crippen MR) is 106 cm³/mol. The number of esters is 1. The Balaban J connectivity index is 1.67. The molecule has 4 bridgehead atoms. The Bertz CT molecular complexity index is 714. The van der Waals surface area contributed by atoms with Gasteiger partial charge in [-0.05, 0) is 56.3 Å². The van der Waals surface area contributed by atoms with E-state index in [9.17, 15) is 23.1 Å². The van der Waals surface area contributed by atoms with Gasteiger partial charge in [0.1, 0.15) is 5.60 Å². The zero-order valence-corrected chi connectivity index (χ0v) is 19.1. The van der Waals surface area contributed by atoms with Gasteiger partial charge in [0.25, 0.3) is 5.79 Å². The maximum Gasteiger partial charge on any atom is 0.443 e. The molecule has 1 N–H and O–H groups in total. The molecule has 5 nitrogen and oxygen atoms in total. The standard InChI is InChI=1S/C23H35F3O5/c1-6-13(2)17(27)29-20-9-14-7-15(10-20)21(16(8-14)11-20)12-22(28,23(24,25)26)31-18(30-21)19(3,4)5/h13-16,18,28H,6-12H2,1-5H3. The van der Waals surface area contributed by atoms with E-state index in [1.54, 1.807) is 20.8 Å². The summed E-state index contributed by atoms with van der Waals surface area (Å²) in [5, 5.41) is 10.7. The van der Waals surface area contributed by atoms with Gasteiger partial charge in [0.05, 0.1) is 11.5 Å². The molecule has 5 unspecified atom stereocenters. The highest BCUT2D eigenvalue weighted by Gasteiger charge is 2.72. The number of alkyl halides is 3. The van der Waals surface area contributed by atoms with Crippen molar-refractivity contribution in [3.05, 3.63) is 0 Å².